The lowest BCUT2D eigenvalue weighted by Gasteiger charge is -1.94. The molecular weight excluding hydrogens is 442 g/mol. The fourth-order valence-electron chi connectivity index (χ4n) is 0.639. The maximum Gasteiger partial charge on any atom is 0.333 e. The van der Waals surface area contributed by atoms with Gasteiger partial charge in [-0.1, -0.05) is 74.5 Å². The summed E-state index contributed by atoms with van der Waals surface area (Å²) >= 11 is 22.5. The maximum atomic E-state index is 10.6. The third-order valence-electron chi connectivity index (χ3n) is 1.83. The quantitative estimate of drug-likeness (QED) is 0.331. The van der Waals surface area contributed by atoms with E-state index >= 15 is 0 Å². The van der Waals surface area contributed by atoms with E-state index in [1.165, 1.54) is 14.2 Å². The minimum atomic E-state index is -1.61. The van der Waals surface area contributed by atoms with Gasteiger partial charge in [0.05, 0.1) is 14.2 Å². The maximum absolute atomic E-state index is 10.6. The van der Waals surface area contributed by atoms with E-state index in [1.54, 1.807) is 32.9 Å². The minimum Gasteiger partial charge on any atom is -0.466 e. The number of esters is 2. The van der Waals surface area contributed by atoms with Gasteiger partial charge in [0.15, 0.2) is 0 Å². The largest absolute Gasteiger partial charge is 0.466 e. The average Bonchev–Trinajstić information content (AvgIpc) is 2.43. The smallest absolute Gasteiger partial charge is 0.333 e. The standard InChI is InChI=1S/C6H9BrO2.C6H10O2.CCl4/c1-5(3-4-7)6(8)9-2;1-4-5(2)6(7)8-3;2-1(3,4)5/h3H,4H2,1-2H3;4H,1-3H3;/b5-3+;5-4+;. The number of hydrogen-bond donors (Lipinski definition) is 0. The van der Waals surface area contributed by atoms with Crippen LogP contribution in [-0.4, -0.2) is 34.7 Å². The highest BCUT2D eigenvalue weighted by Crippen LogP contribution is 2.29. The Balaban J connectivity index is -0.000000257. The van der Waals surface area contributed by atoms with Gasteiger partial charge in [-0.05, 0) is 20.8 Å². The predicted octanol–water partition coefficient (Wildman–Crippen LogP) is 5.18. The molecule has 0 fully saturated rings. The van der Waals surface area contributed by atoms with Gasteiger partial charge in [0.1, 0.15) is 0 Å². The number of rotatable bonds is 3. The van der Waals surface area contributed by atoms with Crippen molar-refractivity contribution >= 4 is 74.3 Å². The van der Waals surface area contributed by atoms with E-state index in [-0.39, 0.29) is 11.9 Å². The second-order valence-corrected chi connectivity index (χ2v) is 7.50. The minimum absolute atomic E-state index is 0.257. The lowest BCUT2D eigenvalue weighted by atomic mass is 10.3. The molecule has 0 amide bonds. The first-order chi connectivity index (χ1) is 9.94. The van der Waals surface area contributed by atoms with Gasteiger partial charge in [-0.15, -0.1) is 0 Å². The summed E-state index contributed by atoms with van der Waals surface area (Å²) in [6, 6.07) is 0. The molecular formula is C13H19BrCl4O4. The number of hydrogen-bond acceptors (Lipinski definition) is 4. The number of halogens is 5. The van der Waals surface area contributed by atoms with Crippen LogP contribution in [0.25, 0.3) is 0 Å². The van der Waals surface area contributed by atoms with Crippen molar-refractivity contribution in [2.45, 2.75) is 24.0 Å². The van der Waals surface area contributed by atoms with Crippen molar-refractivity contribution in [1.29, 1.82) is 0 Å². The first-order valence-electron chi connectivity index (χ1n) is 5.72. The Bertz CT molecular complexity index is 384. The van der Waals surface area contributed by atoms with Crippen LogP contribution in [0.2, 0.25) is 0 Å². The van der Waals surface area contributed by atoms with Crippen molar-refractivity contribution in [3.63, 3.8) is 0 Å². The Hall–Kier alpha value is 0.0600. The summed E-state index contributed by atoms with van der Waals surface area (Å²) in [4.78, 5) is 21.0. The first kappa shape index (κ1) is 26.9. The molecule has 0 saturated carbocycles. The van der Waals surface area contributed by atoms with E-state index in [0.29, 0.717) is 16.5 Å². The fraction of sp³-hybridized carbons (Fsp3) is 0.538. The molecule has 9 heteroatoms. The number of carbonyl (C=O) groups is 2. The lowest BCUT2D eigenvalue weighted by molar-refractivity contribution is -0.136. The Morgan fingerprint density at radius 3 is 1.50 bits per heavy atom. The van der Waals surface area contributed by atoms with Gasteiger partial charge in [-0.25, -0.2) is 9.59 Å². The summed E-state index contributed by atoms with van der Waals surface area (Å²) in [5.41, 5.74) is 1.28. The van der Waals surface area contributed by atoms with Crippen LogP contribution >= 0.6 is 62.3 Å². The highest BCUT2D eigenvalue weighted by molar-refractivity contribution is 9.09. The predicted molar refractivity (Wildman–Crippen MR) is 97.2 cm³/mol. The topological polar surface area (TPSA) is 52.6 Å². The molecule has 0 aromatic rings. The summed E-state index contributed by atoms with van der Waals surface area (Å²) < 4.78 is 7.22. The van der Waals surface area contributed by atoms with Gasteiger partial charge < -0.3 is 9.47 Å². The van der Waals surface area contributed by atoms with Crippen molar-refractivity contribution in [2.75, 3.05) is 19.5 Å². The average molecular weight is 461 g/mol. The summed E-state index contributed by atoms with van der Waals surface area (Å²) in [6.45, 7) is 5.23. The molecule has 130 valence electrons. The Labute approximate surface area is 159 Å². The number of methoxy groups -OCH3 is 2. The van der Waals surface area contributed by atoms with E-state index in [1.807, 2.05) is 0 Å². The Morgan fingerprint density at radius 1 is 1.00 bits per heavy atom. The van der Waals surface area contributed by atoms with Crippen molar-refractivity contribution in [3.8, 4) is 0 Å². The molecule has 0 atom stereocenters. The molecule has 0 aliphatic rings. The first-order valence-corrected chi connectivity index (χ1v) is 8.35. The van der Waals surface area contributed by atoms with E-state index in [0.717, 1.165) is 0 Å². The molecule has 0 N–H and O–H groups in total. The normalized spacial score (nSPS) is 11.4. The van der Waals surface area contributed by atoms with Crippen LogP contribution in [0.3, 0.4) is 0 Å². The number of ether oxygens (including phenoxy) is 2. The zero-order valence-corrected chi connectivity index (χ0v) is 17.5. The van der Waals surface area contributed by atoms with Crippen LogP contribution in [0.4, 0.5) is 0 Å². The second-order valence-electron chi connectivity index (χ2n) is 3.42. The number of alkyl halides is 5. The molecule has 0 heterocycles. The van der Waals surface area contributed by atoms with Crippen LogP contribution < -0.4 is 0 Å². The van der Waals surface area contributed by atoms with Crippen LogP contribution in [0.5, 0.6) is 0 Å². The van der Waals surface area contributed by atoms with Gasteiger partial charge in [0.2, 0.25) is 0 Å². The number of carbonyl (C=O) groups excluding carboxylic acids is 2. The lowest BCUT2D eigenvalue weighted by Crippen LogP contribution is -2.01. The molecule has 0 saturated heterocycles. The van der Waals surface area contributed by atoms with Gasteiger partial charge >= 0.3 is 11.9 Å². The second kappa shape index (κ2) is 15.9. The third kappa shape index (κ3) is 25.0. The van der Waals surface area contributed by atoms with Gasteiger partial charge in [-0.3, -0.25) is 0 Å². The summed E-state index contributed by atoms with van der Waals surface area (Å²) in [5, 5.41) is 0.688. The summed E-state index contributed by atoms with van der Waals surface area (Å²) in [5.74, 6) is -0.526. The monoisotopic (exact) mass is 458 g/mol. The molecule has 0 aromatic carbocycles. The van der Waals surface area contributed by atoms with Crippen molar-refractivity contribution in [1.82, 2.24) is 0 Å². The Kier molecular flexibility index (Phi) is 19.5. The molecule has 0 unspecified atom stereocenters. The van der Waals surface area contributed by atoms with Crippen LogP contribution in [0.1, 0.15) is 20.8 Å². The van der Waals surface area contributed by atoms with E-state index in [2.05, 4.69) is 25.4 Å². The fourth-order valence-corrected chi connectivity index (χ4v) is 1.12. The molecule has 0 bridgehead atoms. The van der Waals surface area contributed by atoms with E-state index in [4.69, 9.17) is 46.4 Å². The molecule has 0 rings (SSSR count). The van der Waals surface area contributed by atoms with E-state index in [9.17, 15) is 9.59 Å². The van der Waals surface area contributed by atoms with Gasteiger partial charge in [-0.2, -0.15) is 0 Å². The van der Waals surface area contributed by atoms with Crippen LogP contribution in [-0.2, 0) is 19.1 Å². The van der Waals surface area contributed by atoms with Gasteiger partial charge in [0, 0.05) is 16.5 Å². The Morgan fingerprint density at radius 2 is 1.32 bits per heavy atom. The van der Waals surface area contributed by atoms with Gasteiger partial charge in [0.25, 0.3) is 3.25 Å². The molecule has 22 heavy (non-hydrogen) atoms. The highest BCUT2D eigenvalue weighted by Gasteiger charge is 2.11. The third-order valence-corrected chi connectivity index (χ3v) is 2.15. The molecule has 0 aromatic heterocycles. The zero-order valence-electron chi connectivity index (χ0n) is 12.9. The molecule has 4 nitrogen and oxygen atoms in total. The molecule has 0 radical (unpaired) electrons. The summed E-state index contributed by atoms with van der Waals surface area (Å²) in [6.07, 6.45) is 3.47. The zero-order chi connectivity index (χ0) is 18.3. The van der Waals surface area contributed by atoms with Crippen molar-refractivity contribution in [3.05, 3.63) is 23.3 Å². The molecule has 0 aliphatic carbocycles. The SMILES string of the molecule is C/C=C(\C)C(=O)OC.COC(=O)/C(C)=C/CBr.ClC(Cl)(Cl)Cl. The number of allylic oxidation sites excluding steroid dienone is 2. The van der Waals surface area contributed by atoms with Crippen LogP contribution in [0.15, 0.2) is 23.3 Å². The van der Waals surface area contributed by atoms with Crippen molar-refractivity contribution in [2.24, 2.45) is 0 Å². The summed E-state index contributed by atoms with van der Waals surface area (Å²) in [7, 11) is 2.74. The van der Waals surface area contributed by atoms with E-state index < -0.39 is 3.25 Å². The van der Waals surface area contributed by atoms with Crippen LogP contribution in [0, 0.1) is 0 Å². The molecule has 0 spiro atoms. The molecule has 0 aliphatic heterocycles. The van der Waals surface area contributed by atoms with Crippen molar-refractivity contribution < 1.29 is 19.1 Å². The highest BCUT2D eigenvalue weighted by atomic mass is 79.9.